The highest BCUT2D eigenvalue weighted by Gasteiger charge is 2.27. The number of nitrogen functional groups attached to an aromatic ring is 1. The number of primary sulfonamides is 1. The van der Waals surface area contributed by atoms with E-state index in [0.29, 0.717) is 67.9 Å². The van der Waals surface area contributed by atoms with Gasteiger partial charge < -0.3 is 16.4 Å². The lowest BCUT2D eigenvalue weighted by Crippen LogP contribution is -2.40. The Bertz CT molecular complexity index is 6280. The molecule has 111 heavy (non-hydrogen) atoms. The Balaban J connectivity index is 0.000000147. The van der Waals surface area contributed by atoms with Crippen molar-refractivity contribution in [2.45, 2.75) is 67.3 Å². The molecule has 0 spiro atoms. The number of nitrogens with two attached hydrogens (primary N) is 2. The fourth-order valence-corrected chi connectivity index (χ4v) is 15.5. The normalized spacial score (nSPS) is 11.7. The topological polar surface area (TPSA) is 319 Å². The van der Waals surface area contributed by atoms with Crippen molar-refractivity contribution in [3.8, 4) is 67.2 Å². The average Bonchev–Trinajstić information content (AvgIpc) is 0.769. The highest BCUT2D eigenvalue weighted by atomic mass is 35.5. The first-order valence-corrected chi connectivity index (χ1v) is 39.1. The van der Waals surface area contributed by atoms with Gasteiger partial charge in [-0.3, -0.25) is 15.0 Å². The third kappa shape index (κ3) is 19.4. The second kappa shape index (κ2) is 33.2. The summed E-state index contributed by atoms with van der Waals surface area (Å²) in [4.78, 5) is 12.3. The fraction of sp³-hybridized carbons (Fsp3) is 0.0964. The summed E-state index contributed by atoms with van der Waals surface area (Å²) in [7, 11) is -11.5. The largest absolute Gasteiger partial charge is 0.399 e. The van der Waals surface area contributed by atoms with E-state index in [-0.39, 0.29) is 37.3 Å². The summed E-state index contributed by atoms with van der Waals surface area (Å²) in [5, 5.41) is 42.5. The summed E-state index contributed by atoms with van der Waals surface area (Å²) in [5.74, 6) is -0.169. The summed E-state index contributed by atoms with van der Waals surface area (Å²) in [6.07, 6.45) is 8.45. The second-order valence-electron chi connectivity index (χ2n) is 27.2. The standard InChI is InChI=1S/C29H26FN5O2S.C25H18FN5O2S.C23H21ClN4O2S.C6H6FN/c1-29(2,3)35-38(36,37)23-15-20(17-31-18-23)27-25-14-8-13-24(19-9-5-4-6-10-19)26(25)28(34-33-27)32-22-12-7-11-21(30)16-22;26-18-8-4-9-19(13-18)29-25-23-21(16-6-2-1-3-7-16)10-5-11-22(23)24(30-31-25)17-12-20(15-28-14-17)34(27,32)33;1-23(2,3)28-31(29,30)17-12-16(13-25-14-17)21-19-11-7-10-18(15-8-5-4-6-9-15)20(19)22(24)27-26-21;7-5-2-1-3-6(8)4-5/h4-18,35H,1-3H3,(H,32,34);1-15H,(H,29,31)(H2,27,32,33);4-14,28H,1-3H3;1-4H,8H2. The van der Waals surface area contributed by atoms with Gasteiger partial charge in [-0.05, 0) is 148 Å². The van der Waals surface area contributed by atoms with Crippen LogP contribution in [0.5, 0.6) is 0 Å². The molecule has 0 bridgehead atoms. The molecule has 0 unspecified atom stereocenters. The van der Waals surface area contributed by atoms with Gasteiger partial charge in [0.05, 0.1) is 0 Å². The molecule has 6 aromatic heterocycles. The van der Waals surface area contributed by atoms with E-state index < -0.39 is 41.1 Å². The van der Waals surface area contributed by atoms with Crippen LogP contribution in [0.25, 0.3) is 99.5 Å². The zero-order valence-electron chi connectivity index (χ0n) is 60.3. The lowest BCUT2D eigenvalue weighted by atomic mass is 9.96. The first-order valence-electron chi connectivity index (χ1n) is 34.2. The van der Waals surface area contributed by atoms with Crippen molar-refractivity contribution < 1.29 is 38.4 Å². The number of aromatic nitrogens is 9. The average molecular weight is 1560 g/mol. The quantitative estimate of drug-likeness (QED) is 0.0519. The lowest BCUT2D eigenvalue weighted by molar-refractivity contribution is 0.489. The summed E-state index contributed by atoms with van der Waals surface area (Å²) >= 11 is 6.45. The molecule has 6 heterocycles. The van der Waals surface area contributed by atoms with E-state index in [1.54, 1.807) is 102 Å². The Hall–Kier alpha value is -12.3. The van der Waals surface area contributed by atoms with Gasteiger partial charge in [0.2, 0.25) is 30.1 Å². The summed E-state index contributed by atoms with van der Waals surface area (Å²) in [5.41, 5.74) is 14.0. The molecule has 15 aromatic rings. The Labute approximate surface area is 644 Å². The van der Waals surface area contributed by atoms with Crippen LogP contribution in [0.4, 0.5) is 41.9 Å². The van der Waals surface area contributed by atoms with Crippen LogP contribution in [0.2, 0.25) is 5.15 Å². The van der Waals surface area contributed by atoms with Crippen LogP contribution in [0, 0.1) is 17.5 Å². The first kappa shape index (κ1) is 78.2. The van der Waals surface area contributed by atoms with Gasteiger partial charge in [0.15, 0.2) is 16.8 Å². The van der Waals surface area contributed by atoms with E-state index >= 15 is 0 Å². The molecule has 15 rings (SSSR count). The number of hydrogen-bond donors (Lipinski definition) is 6. The summed E-state index contributed by atoms with van der Waals surface area (Å²) in [6.45, 7) is 10.7. The van der Waals surface area contributed by atoms with Gasteiger partial charge in [-0.2, -0.15) is 0 Å². The number of nitrogens with zero attached hydrogens (tertiary/aromatic N) is 9. The first-order chi connectivity index (χ1) is 52.9. The molecule has 28 heteroatoms. The molecule has 0 saturated carbocycles. The minimum Gasteiger partial charge on any atom is -0.399 e. The molecular weight excluding hydrogens is 1490 g/mol. The number of pyridine rings is 3. The third-order valence-electron chi connectivity index (χ3n) is 16.4. The predicted molar refractivity (Wildman–Crippen MR) is 431 cm³/mol. The zero-order chi connectivity index (χ0) is 78.8. The van der Waals surface area contributed by atoms with E-state index in [1.165, 1.54) is 67.3 Å². The van der Waals surface area contributed by atoms with E-state index in [0.717, 1.165) is 60.3 Å². The van der Waals surface area contributed by atoms with Crippen molar-refractivity contribution in [1.29, 1.82) is 0 Å². The van der Waals surface area contributed by atoms with Gasteiger partial charge in [-0.1, -0.05) is 175 Å². The number of halogens is 4. The number of nitrogens with one attached hydrogen (secondary N) is 4. The molecule has 0 aliphatic carbocycles. The number of anilines is 5. The maximum absolute atomic E-state index is 13.9. The highest BCUT2D eigenvalue weighted by Crippen LogP contribution is 2.42. The van der Waals surface area contributed by atoms with E-state index in [1.807, 2.05) is 146 Å². The van der Waals surface area contributed by atoms with Gasteiger partial charge in [-0.15, -0.1) is 30.6 Å². The fourth-order valence-electron chi connectivity index (χ4n) is 11.9. The van der Waals surface area contributed by atoms with Crippen molar-refractivity contribution in [3.05, 3.63) is 296 Å². The van der Waals surface area contributed by atoms with E-state index in [2.05, 4.69) is 65.6 Å². The molecule has 0 aliphatic rings. The minimum absolute atomic E-state index is 0.0288. The molecule has 8 N–H and O–H groups in total. The predicted octanol–water partition coefficient (Wildman–Crippen LogP) is 17.7. The Morgan fingerprint density at radius 1 is 0.351 bits per heavy atom. The van der Waals surface area contributed by atoms with Gasteiger partial charge in [-0.25, -0.2) is 53.0 Å². The maximum atomic E-state index is 13.9. The number of fused-ring (bicyclic) bond motifs is 3. The molecule has 0 atom stereocenters. The Kier molecular flexibility index (Phi) is 23.4. The molecule has 560 valence electrons. The van der Waals surface area contributed by atoms with Crippen molar-refractivity contribution in [3.63, 3.8) is 0 Å². The van der Waals surface area contributed by atoms with E-state index in [4.69, 9.17) is 22.5 Å². The van der Waals surface area contributed by atoms with Crippen LogP contribution in [0.15, 0.2) is 288 Å². The summed E-state index contributed by atoms with van der Waals surface area (Å²) in [6, 6.07) is 69.3. The third-order valence-corrected chi connectivity index (χ3v) is 21.0. The van der Waals surface area contributed by atoms with Crippen molar-refractivity contribution in [2.24, 2.45) is 5.14 Å². The number of benzene rings is 9. The molecule has 9 aromatic carbocycles. The molecule has 21 nitrogen and oxygen atoms in total. The molecular formula is C83H71ClF3N15O6S3. The van der Waals surface area contributed by atoms with E-state index in [9.17, 15) is 38.4 Å². The number of sulfonamides is 3. The Morgan fingerprint density at radius 2 is 0.685 bits per heavy atom. The van der Waals surface area contributed by atoms with Crippen LogP contribution in [-0.2, 0) is 30.1 Å². The van der Waals surface area contributed by atoms with Crippen molar-refractivity contribution in [2.75, 3.05) is 16.4 Å². The van der Waals surface area contributed by atoms with Gasteiger partial charge in [0.1, 0.15) is 49.2 Å². The summed E-state index contributed by atoms with van der Waals surface area (Å²) < 4.78 is 120. The number of rotatable bonds is 15. The highest BCUT2D eigenvalue weighted by molar-refractivity contribution is 7.90. The van der Waals surface area contributed by atoms with Crippen molar-refractivity contribution >= 4 is 103 Å². The molecule has 0 fully saturated rings. The smallest absolute Gasteiger partial charge is 0.242 e. The van der Waals surface area contributed by atoms with Crippen LogP contribution in [-0.4, -0.2) is 81.9 Å². The van der Waals surface area contributed by atoms with Gasteiger partial charge >= 0.3 is 0 Å². The van der Waals surface area contributed by atoms with Crippen LogP contribution >= 0.6 is 11.6 Å². The molecule has 0 radical (unpaired) electrons. The van der Waals surface area contributed by atoms with Gasteiger partial charge in [0.25, 0.3) is 0 Å². The van der Waals surface area contributed by atoms with Gasteiger partial charge in [0, 0.05) is 114 Å². The van der Waals surface area contributed by atoms with Crippen LogP contribution in [0.1, 0.15) is 41.5 Å². The Morgan fingerprint density at radius 3 is 1.04 bits per heavy atom. The monoisotopic (exact) mass is 1560 g/mol. The zero-order valence-corrected chi connectivity index (χ0v) is 63.6. The maximum Gasteiger partial charge on any atom is 0.242 e. The molecule has 0 aliphatic heterocycles. The van der Waals surface area contributed by atoms with Crippen LogP contribution < -0.4 is 31.0 Å². The molecule has 0 amide bonds. The molecule has 0 saturated heterocycles. The van der Waals surface area contributed by atoms with Crippen LogP contribution in [0.3, 0.4) is 0 Å². The van der Waals surface area contributed by atoms with Crippen molar-refractivity contribution in [1.82, 2.24) is 55.0 Å². The lowest BCUT2D eigenvalue weighted by Gasteiger charge is -2.20. The second-order valence-corrected chi connectivity index (χ2v) is 32.5. The number of hydrogen-bond acceptors (Lipinski definition) is 18. The SMILES string of the molecule is CC(C)(C)NS(=O)(=O)c1cncc(-c2nnc(Cl)c3c(-c4ccccc4)cccc23)c1.CC(C)(C)NS(=O)(=O)c1cncc(-c2nnc(Nc3cccc(F)c3)c3c(-c4ccccc4)cccc23)c1.NS(=O)(=O)c1cncc(-c2nnc(Nc3cccc(F)c3)c3c(-c4ccccc4)cccc23)c1.Nc1cccc(F)c1. The minimum atomic E-state index is -3.95.